The summed E-state index contributed by atoms with van der Waals surface area (Å²) in [5, 5.41) is 18.5. The number of rotatable bonds is 4. The van der Waals surface area contributed by atoms with E-state index in [0.29, 0.717) is 51.1 Å². The first kappa shape index (κ1) is 21.9. The maximum Gasteiger partial charge on any atom is 0.266 e. The highest BCUT2D eigenvalue weighted by atomic mass is 19.1. The van der Waals surface area contributed by atoms with E-state index in [1.165, 1.54) is 17.7 Å². The second-order valence-electron chi connectivity index (χ2n) is 8.83. The largest absolute Gasteiger partial charge is 0.415 e. The average Bonchev–Trinajstić information content (AvgIpc) is 3.64. The van der Waals surface area contributed by atoms with E-state index in [-0.39, 0.29) is 11.7 Å². The quantitative estimate of drug-likeness (QED) is 0.264. The molecule has 7 aromatic rings. The SMILES string of the molecule is Cc1ccc2nc(-c3nnc(-c4cccc(-c5nnc(-c6ccc7cc(F)ccc7n6)o5)c4)o3)ccc2c1. The number of nitrogens with zero attached hydrogens (tertiary/aromatic N) is 6. The Balaban J connectivity index is 1.18. The number of hydrogen-bond donors (Lipinski definition) is 0. The van der Waals surface area contributed by atoms with Gasteiger partial charge >= 0.3 is 0 Å². The van der Waals surface area contributed by atoms with Gasteiger partial charge in [-0.05, 0) is 67.6 Å². The van der Waals surface area contributed by atoms with Crippen LogP contribution >= 0.6 is 0 Å². The van der Waals surface area contributed by atoms with Crippen molar-refractivity contribution in [3.63, 3.8) is 0 Å². The highest BCUT2D eigenvalue weighted by Crippen LogP contribution is 2.29. The number of halogens is 1. The van der Waals surface area contributed by atoms with Crippen LogP contribution in [0.1, 0.15) is 5.56 Å². The summed E-state index contributed by atoms with van der Waals surface area (Å²) in [5.41, 5.74) is 5.14. The lowest BCUT2D eigenvalue weighted by atomic mass is 10.1. The van der Waals surface area contributed by atoms with Crippen LogP contribution in [-0.4, -0.2) is 30.4 Å². The van der Waals surface area contributed by atoms with Gasteiger partial charge in [0.25, 0.3) is 11.8 Å². The summed E-state index contributed by atoms with van der Waals surface area (Å²) in [6.45, 7) is 2.05. The minimum atomic E-state index is -0.316. The Bertz CT molecular complexity index is 1840. The van der Waals surface area contributed by atoms with E-state index in [2.05, 4.69) is 36.4 Å². The number of pyridine rings is 2. The summed E-state index contributed by atoms with van der Waals surface area (Å²) >= 11 is 0. The van der Waals surface area contributed by atoms with Crippen molar-refractivity contribution in [2.75, 3.05) is 0 Å². The smallest absolute Gasteiger partial charge is 0.266 e. The fourth-order valence-electron chi connectivity index (χ4n) is 4.25. The van der Waals surface area contributed by atoms with Gasteiger partial charge in [-0.3, -0.25) is 0 Å². The molecule has 0 saturated heterocycles. The van der Waals surface area contributed by atoms with Crippen molar-refractivity contribution in [1.29, 1.82) is 0 Å². The van der Waals surface area contributed by atoms with Crippen LogP contribution in [0.15, 0.2) is 93.8 Å². The summed E-state index contributed by atoms with van der Waals surface area (Å²) in [6.07, 6.45) is 0. The van der Waals surface area contributed by atoms with E-state index in [1.807, 2.05) is 55.5 Å². The molecule has 0 unspecified atom stereocenters. The molecule has 3 aromatic carbocycles. The molecule has 182 valence electrons. The fraction of sp³-hybridized carbons (Fsp3) is 0.0345. The van der Waals surface area contributed by atoms with Crippen LogP contribution in [0.3, 0.4) is 0 Å². The second kappa shape index (κ2) is 8.67. The van der Waals surface area contributed by atoms with Gasteiger partial charge < -0.3 is 8.83 Å². The molecule has 0 atom stereocenters. The average molecular weight is 500 g/mol. The highest BCUT2D eigenvalue weighted by Gasteiger charge is 2.16. The minimum Gasteiger partial charge on any atom is -0.415 e. The van der Waals surface area contributed by atoms with Gasteiger partial charge in [0, 0.05) is 21.9 Å². The van der Waals surface area contributed by atoms with Gasteiger partial charge in [0.2, 0.25) is 11.8 Å². The second-order valence-corrected chi connectivity index (χ2v) is 8.83. The first-order valence-electron chi connectivity index (χ1n) is 11.8. The Morgan fingerprint density at radius 3 is 1.74 bits per heavy atom. The highest BCUT2D eigenvalue weighted by molar-refractivity contribution is 5.82. The van der Waals surface area contributed by atoms with Gasteiger partial charge in [-0.1, -0.05) is 29.8 Å². The Morgan fingerprint density at radius 2 is 1.11 bits per heavy atom. The van der Waals surface area contributed by atoms with E-state index >= 15 is 0 Å². The summed E-state index contributed by atoms with van der Waals surface area (Å²) in [4.78, 5) is 9.17. The van der Waals surface area contributed by atoms with Crippen LogP contribution in [0.4, 0.5) is 4.39 Å². The lowest BCUT2D eigenvalue weighted by Gasteiger charge is -2.01. The van der Waals surface area contributed by atoms with Gasteiger partial charge in [0.05, 0.1) is 11.0 Å². The topological polar surface area (TPSA) is 104 Å². The van der Waals surface area contributed by atoms with Crippen molar-refractivity contribution in [2.45, 2.75) is 6.92 Å². The molecule has 4 aromatic heterocycles. The predicted octanol–water partition coefficient (Wildman–Crippen LogP) is 6.66. The molecule has 0 aliphatic rings. The molecular formula is C29H17FN6O2. The van der Waals surface area contributed by atoms with Crippen molar-refractivity contribution in [3.05, 3.63) is 96.3 Å². The van der Waals surface area contributed by atoms with Gasteiger partial charge in [-0.15, -0.1) is 20.4 Å². The van der Waals surface area contributed by atoms with Gasteiger partial charge in [0.1, 0.15) is 17.2 Å². The van der Waals surface area contributed by atoms with E-state index in [4.69, 9.17) is 8.83 Å². The molecule has 0 fully saturated rings. The molecular weight excluding hydrogens is 483 g/mol. The number of benzene rings is 3. The van der Waals surface area contributed by atoms with E-state index in [9.17, 15) is 4.39 Å². The van der Waals surface area contributed by atoms with E-state index in [0.717, 1.165) is 10.9 Å². The Hall–Kier alpha value is -5.31. The molecule has 0 bridgehead atoms. The van der Waals surface area contributed by atoms with Gasteiger partial charge in [0.15, 0.2) is 0 Å². The van der Waals surface area contributed by atoms with Crippen LogP contribution in [0.2, 0.25) is 0 Å². The Kier molecular flexibility index (Phi) is 5.00. The van der Waals surface area contributed by atoms with E-state index < -0.39 is 0 Å². The zero-order valence-electron chi connectivity index (χ0n) is 20.0. The van der Waals surface area contributed by atoms with Crippen molar-refractivity contribution in [1.82, 2.24) is 30.4 Å². The molecule has 0 aliphatic carbocycles. The molecule has 7 rings (SSSR count). The molecule has 9 heteroatoms. The maximum absolute atomic E-state index is 13.5. The van der Waals surface area contributed by atoms with Crippen molar-refractivity contribution >= 4 is 21.8 Å². The first-order valence-corrected chi connectivity index (χ1v) is 11.8. The van der Waals surface area contributed by atoms with Crippen LogP contribution in [0.5, 0.6) is 0 Å². The minimum absolute atomic E-state index is 0.259. The molecule has 0 amide bonds. The summed E-state index contributed by atoms with van der Waals surface area (Å²) in [6, 6.07) is 25.2. The Morgan fingerprint density at radius 1 is 0.553 bits per heavy atom. The molecule has 0 N–H and O–H groups in total. The Labute approximate surface area is 214 Å². The van der Waals surface area contributed by atoms with Crippen LogP contribution in [0, 0.1) is 12.7 Å². The number of hydrogen-bond acceptors (Lipinski definition) is 8. The summed E-state index contributed by atoms with van der Waals surface area (Å²) < 4.78 is 25.3. The molecule has 0 saturated carbocycles. The molecule has 4 heterocycles. The standard InChI is InChI=1S/C29H17FN6O2/c1-16-5-9-22-17(13-16)6-10-24(31-22)28-35-33-26(37-28)19-3-2-4-20(14-19)27-34-36-29(38-27)25-11-7-18-15-21(30)8-12-23(18)32-25/h2-15H,1H3. The third-order valence-electron chi connectivity index (χ3n) is 6.14. The summed E-state index contributed by atoms with van der Waals surface area (Å²) in [7, 11) is 0. The van der Waals surface area contributed by atoms with Gasteiger partial charge in [-0.25, -0.2) is 14.4 Å². The van der Waals surface area contributed by atoms with E-state index in [1.54, 1.807) is 18.2 Å². The van der Waals surface area contributed by atoms with Crippen LogP contribution < -0.4 is 0 Å². The molecule has 0 aliphatic heterocycles. The first-order chi connectivity index (χ1) is 18.6. The predicted molar refractivity (Wildman–Crippen MR) is 139 cm³/mol. The van der Waals surface area contributed by atoms with Crippen LogP contribution in [-0.2, 0) is 0 Å². The van der Waals surface area contributed by atoms with Crippen molar-refractivity contribution < 1.29 is 13.2 Å². The number of aromatic nitrogens is 6. The third-order valence-corrected chi connectivity index (χ3v) is 6.14. The van der Waals surface area contributed by atoms with Crippen molar-refractivity contribution in [2.24, 2.45) is 0 Å². The molecule has 8 nitrogen and oxygen atoms in total. The number of aryl methyl sites for hydroxylation is 1. The third kappa shape index (κ3) is 3.96. The lowest BCUT2D eigenvalue weighted by Crippen LogP contribution is -1.86. The van der Waals surface area contributed by atoms with Crippen LogP contribution in [0.25, 0.3) is 67.9 Å². The fourth-order valence-corrected chi connectivity index (χ4v) is 4.25. The zero-order chi connectivity index (χ0) is 25.6. The normalized spacial score (nSPS) is 11.4. The monoisotopic (exact) mass is 500 g/mol. The van der Waals surface area contributed by atoms with Crippen molar-refractivity contribution in [3.8, 4) is 46.1 Å². The summed E-state index contributed by atoms with van der Waals surface area (Å²) in [5.74, 6) is 0.929. The van der Waals surface area contributed by atoms with Gasteiger partial charge in [-0.2, -0.15) is 0 Å². The number of fused-ring (bicyclic) bond motifs is 2. The molecule has 38 heavy (non-hydrogen) atoms. The molecule has 0 radical (unpaired) electrons. The maximum atomic E-state index is 13.5. The molecule has 0 spiro atoms. The zero-order valence-corrected chi connectivity index (χ0v) is 20.0. The lowest BCUT2D eigenvalue weighted by molar-refractivity contribution is 0.580.